The van der Waals surface area contributed by atoms with E-state index in [-0.39, 0.29) is 22.1 Å². The molecule has 0 aliphatic rings. The van der Waals surface area contributed by atoms with Crippen LogP contribution in [0.2, 0.25) is 0 Å². The first-order chi connectivity index (χ1) is 13.8. The number of amides is 1. The summed E-state index contributed by atoms with van der Waals surface area (Å²) in [4.78, 5) is 12.1. The number of hydrogen-bond acceptors (Lipinski definition) is 6. The molecule has 0 atom stereocenters. The summed E-state index contributed by atoms with van der Waals surface area (Å²) in [5.74, 6) is 0.283. The van der Waals surface area contributed by atoms with Gasteiger partial charge < -0.3 is 19.2 Å². The largest absolute Gasteiger partial charge is 0.497 e. The van der Waals surface area contributed by atoms with Crippen LogP contribution in [0.4, 0.5) is 11.4 Å². The Bertz CT molecular complexity index is 1130. The normalized spacial score (nSPS) is 11.0. The molecule has 0 unspecified atom stereocenters. The van der Waals surface area contributed by atoms with Crippen molar-refractivity contribution < 1.29 is 27.1 Å². The van der Waals surface area contributed by atoms with E-state index in [2.05, 4.69) is 26.0 Å². The quantitative estimate of drug-likeness (QED) is 0.526. The zero-order chi connectivity index (χ0) is 21.0. The Balaban J connectivity index is 1.87. The van der Waals surface area contributed by atoms with E-state index in [1.807, 2.05) is 0 Å². The maximum Gasteiger partial charge on any atom is 0.291 e. The molecular weight excluding hydrogens is 464 g/mol. The van der Waals surface area contributed by atoms with E-state index in [1.165, 1.54) is 38.5 Å². The molecule has 3 rings (SSSR count). The number of benzene rings is 2. The van der Waals surface area contributed by atoms with Crippen LogP contribution < -0.4 is 19.5 Å². The van der Waals surface area contributed by atoms with Crippen molar-refractivity contribution in [2.45, 2.75) is 4.90 Å². The summed E-state index contributed by atoms with van der Waals surface area (Å²) >= 11 is 3.12. The van der Waals surface area contributed by atoms with E-state index in [9.17, 15) is 13.2 Å². The first-order valence-electron chi connectivity index (χ1n) is 8.24. The first kappa shape index (κ1) is 20.7. The highest BCUT2D eigenvalue weighted by Crippen LogP contribution is 2.29. The zero-order valence-electron chi connectivity index (χ0n) is 15.4. The van der Waals surface area contributed by atoms with Gasteiger partial charge in [-0.1, -0.05) is 0 Å². The standard InChI is InChI=1S/C19H17BrN2O6S/c1-26-14-6-3-12(4-7-14)22-29(24,25)17-11-13(5-8-15(17)27-2)21-19(23)16-9-10-18(20)28-16/h3-11,22H,1-2H3,(H,21,23). The topological polar surface area (TPSA) is 107 Å². The third-order valence-electron chi connectivity index (χ3n) is 3.85. The average molecular weight is 481 g/mol. The minimum absolute atomic E-state index is 0.0773. The molecule has 2 aromatic carbocycles. The van der Waals surface area contributed by atoms with Gasteiger partial charge in [-0.2, -0.15) is 0 Å². The van der Waals surface area contributed by atoms with E-state index in [1.54, 1.807) is 30.3 Å². The second-order valence-electron chi connectivity index (χ2n) is 5.76. The minimum Gasteiger partial charge on any atom is -0.497 e. The van der Waals surface area contributed by atoms with Gasteiger partial charge in [0.25, 0.3) is 15.9 Å². The van der Waals surface area contributed by atoms with Crippen LogP contribution in [-0.2, 0) is 10.0 Å². The van der Waals surface area contributed by atoms with Crippen molar-refractivity contribution >= 4 is 43.2 Å². The van der Waals surface area contributed by atoms with Crippen LogP contribution in [0.5, 0.6) is 11.5 Å². The number of hydrogen-bond donors (Lipinski definition) is 2. The molecule has 0 saturated carbocycles. The van der Waals surface area contributed by atoms with Crippen LogP contribution in [-0.4, -0.2) is 28.5 Å². The third kappa shape index (κ3) is 4.90. The highest BCUT2D eigenvalue weighted by Gasteiger charge is 2.21. The molecule has 2 N–H and O–H groups in total. The predicted molar refractivity (Wildman–Crippen MR) is 111 cm³/mol. The van der Waals surface area contributed by atoms with Crippen LogP contribution in [0.25, 0.3) is 0 Å². The number of carbonyl (C=O) groups excluding carboxylic acids is 1. The Labute approximate surface area is 176 Å². The van der Waals surface area contributed by atoms with Crippen LogP contribution >= 0.6 is 15.9 Å². The van der Waals surface area contributed by atoms with Gasteiger partial charge in [0.15, 0.2) is 10.4 Å². The SMILES string of the molecule is COc1ccc(NS(=O)(=O)c2cc(NC(=O)c3ccc(Br)o3)ccc2OC)cc1. The Kier molecular flexibility index (Phi) is 6.14. The molecule has 0 bridgehead atoms. The third-order valence-corrected chi connectivity index (χ3v) is 5.68. The van der Waals surface area contributed by atoms with Gasteiger partial charge in [0.1, 0.15) is 16.4 Å². The summed E-state index contributed by atoms with van der Waals surface area (Å²) in [6.45, 7) is 0. The van der Waals surface area contributed by atoms with E-state index < -0.39 is 15.9 Å². The van der Waals surface area contributed by atoms with Gasteiger partial charge >= 0.3 is 0 Å². The van der Waals surface area contributed by atoms with Crippen LogP contribution in [0, 0.1) is 0 Å². The van der Waals surface area contributed by atoms with Gasteiger partial charge in [-0.15, -0.1) is 0 Å². The fourth-order valence-corrected chi connectivity index (χ4v) is 4.02. The molecule has 0 aliphatic carbocycles. The van der Waals surface area contributed by atoms with E-state index >= 15 is 0 Å². The van der Waals surface area contributed by atoms with Gasteiger partial charge in [-0.3, -0.25) is 9.52 Å². The lowest BCUT2D eigenvalue weighted by atomic mass is 10.3. The maximum absolute atomic E-state index is 12.9. The lowest BCUT2D eigenvalue weighted by molar-refractivity contribution is 0.0995. The second-order valence-corrected chi connectivity index (χ2v) is 8.19. The molecule has 0 aliphatic heterocycles. The first-order valence-corrected chi connectivity index (χ1v) is 10.5. The molecule has 10 heteroatoms. The Hall–Kier alpha value is -2.98. The summed E-state index contributed by atoms with van der Waals surface area (Å²) in [6.07, 6.45) is 0. The molecule has 0 saturated heterocycles. The van der Waals surface area contributed by atoms with Crippen molar-refractivity contribution in [3.05, 3.63) is 65.0 Å². The zero-order valence-corrected chi connectivity index (χ0v) is 17.8. The van der Waals surface area contributed by atoms with Gasteiger partial charge in [0, 0.05) is 11.4 Å². The Morgan fingerprint density at radius 2 is 1.66 bits per heavy atom. The Morgan fingerprint density at radius 3 is 2.24 bits per heavy atom. The predicted octanol–water partition coefficient (Wildman–Crippen LogP) is 4.11. The molecule has 0 fully saturated rings. The summed E-state index contributed by atoms with van der Waals surface area (Å²) in [5.41, 5.74) is 0.612. The second kappa shape index (κ2) is 8.58. The van der Waals surface area contributed by atoms with Crippen molar-refractivity contribution in [3.63, 3.8) is 0 Å². The fourth-order valence-electron chi connectivity index (χ4n) is 2.46. The smallest absolute Gasteiger partial charge is 0.291 e. The summed E-state index contributed by atoms with van der Waals surface area (Å²) in [5, 5.41) is 2.60. The van der Waals surface area contributed by atoms with Crippen molar-refractivity contribution in [1.29, 1.82) is 0 Å². The van der Waals surface area contributed by atoms with E-state index in [4.69, 9.17) is 13.9 Å². The summed E-state index contributed by atoms with van der Waals surface area (Å²) < 4.78 is 44.1. The number of furan rings is 1. The van der Waals surface area contributed by atoms with Crippen LogP contribution in [0.3, 0.4) is 0 Å². The number of sulfonamides is 1. The number of anilines is 2. The monoisotopic (exact) mass is 480 g/mol. The average Bonchev–Trinajstić information content (AvgIpc) is 3.15. The lowest BCUT2D eigenvalue weighted by Gasteiger charge is -2.13. The van der Waals surface area contributed by atoms with Gasteiger partial charge in [0.2, 0.25) is 0 Å². The fraction of sp³-hybridized carbons (Fsp3) is 0.105. The molecule has 0 radical (unpaired) electrons. The van der Waals surface area contributed by atoms with Crippen molar-refractivity contribution in [2.75, 3.05) is 24.3 Å². The molecule has 1 heterocycles. The molecule has 3 aromatic rings. The number of methoxy groups -OCH3 is 2. The van der Waals surface area contributed by atoms with Gasteiger partial charge in [-0.25, -0.2) is 8.42 Å². The highest BCUT2D eigenvalue weighted by molar-refractivity contribution is 9.10. The van der Waals surface area contributed by atoms with Crippen molar-refractivity contribution in [3.8, 4) is 11.5 Å². The van der Waals surface area contributed by atoms with Crippen LogP contribution in [0.1, 0.15) is 10.6 Å². The molecule has 1 amide bonds. The van der Waals surface area contributed by atoms with Crippen molar-refractivity contribution in [2.24, 2.45) is 0 Å². The van der Waals surface area contributed by atoms with E-state index in [0.29, 0.717) is 16.1 Å². The van der Waals surface area contributed by atoms with E-state index in [0.717, 1.165) is 0 Å². The molecule has 0 spiro atoms. The van der Waals surface area contributed by atoms with Gasteiger partial charge in [-0.05, 0) is 70.5 Å². The number of rotatable bonds is 7. The highest BCUT2D eigenvalue weighted by atomic mass is 79.9. The number of ether oxygens (including phenoxy) is 2. The Morgan fingerprint density at radius 1 is 0.966 bits per heavy atom. The van der Waals surface area contributed by atoms with Crippen molar-refractivity contribution in [1.82, 2.24) is 0 Å². The minimum atomic E-state index is -3.99. The van der Waals surface area contributed by atoms with Gasteiger partial charge in [0.05, 0.1) is 14.2 Å². The lowest BCUT2D eigenvalue weighted by Crippen LogP contribution is -2.16. The molecule has 29 heavy (non-hydrogen) atoms. The number of nitrogens with one attached hydrogen (secondary N) is 2. The van der Waals surface area contributed by atoms with Crippen LogP contribution in [0.15, 0.2) is 68.6 Å². The summed E-state index contributed by atoms with van der Waals surface area (Å²) in [7, 11) is -1.11. The maximum atomic E-state index is 12.9. The number of carbonyl (C=O) groups is 1. The summed E-state index contributed by atoms with van der Waals surface area (Å²) in [6, 6.07) is 13.8. The molecule has 152 valence electrons. The molecule has 8 nitrogen and oxygen atoms in total. The number of halogens is 1. The molecular formula is C19H17BrN2O6S. The molecule has 1 aromatic heterocycles.